The van der Waals surface area contributed by atoms with Crippen LogP contribution in [0.1, 0.15) is 16.7 Å². The van der Waals surface area contributed by atoms with E-state index in [-0.39, 0.29) is 0 Å². The molecular weight excluding hydrogens is 347 g/mol. The Balaban J connectivity index is 0.000000545. The van der Waals surface area contributed by atoms with Crippen molar-refractivity contribution in [1.29, 1.82) is 0 Å². The molecular formula is C19H15Cl2Ti-. The van der Waals surface area contributed by atoms with E-state index in [0.717, 1.165) is 0 Å². The van der Waals surface area contributed by atoms with E-state index < -0.39 is 17.0 Å². The summed E-state index contributed by atoms with van der Waals surface area (Å²) in [4.78, 5) is 0. The van der Waals surface area contributed by atoms with Gasteiger partial charge in [-0.15, -0.1) is 0 Å². The zero-order valence-electron chi connectivity index (χ0n) is 11.9. The summed E-state index contributed by atoms with van der Waals surface area (Å²) < 4.78 is 0. The van der Waals surface area contributed by atoms with Crippen LogP contribution in [0, 0.1) is 5.92 Å². The van der Waals surface area contributed by atoms with Crippen LogP contribution in [0.2, 0.25) is 0 Å². The van der Waals surface area contributed by atoms with E-state index in [1.165, 1.54) is 22.6 Å². The summed E-state index contributed by atoms with van der Waals surface area (Å²) in [6.45, 7) is 0. The van der Waals surface area contributed by atoms with E-state index in [4.69, 9.17) is 18.6 Å². The number of hydrogen-bond acceptors (Lipinski definition) is 0. The molecule has 110 valence electrons. The van der Waals surface area contributed by atoms with Gasteiger partial charge < -0.3 is 0 Å². The van der Waals surface area contributed by atoms with Crippen LogP contribution < -0.4 is 0 Å². The average molecular weight is 362 g/mol. The van der Waals surface area contributed by atoms with Gasteiger partial charge in [-0.2, -0.15) is 0 Å². The summed E-state index contributed by atoms with van der Waals surface area (Å²) in [5.74, 6) is 1.28. The Kier molecular flexibility index (Phi) is 7.63. The molecule has 0 spiro atoms. The molecule has 0 aliphatic heterocycles. The largest absolute Gasteiger partial charge is 0.0999 e. The number of rotatable bonds is 3. The van der Waals surface area contributed by atoms with Gasteiger partial charge in [0.25, 0.3) is 0 Å². The van der Waals surface area contributed by atoms with Crippen molar-refractivity contribution in [2.24, 2.45) is 0 Å². The zero-order chi connectivity index (χ0) is 15.6. The first-order valence-electron chi connectivity index (χ1n) is 6.86. The molecule has 0 atom stereocenters. The maximum Gasteiger partial charge on any atom is -0.0710 e. The minimum atomic E-state index is -0.556. The second kappa shape index (κ2) is 9.76. The van der Waals surface area contributed by atoms with Gasteiger partial charge in [-0.1, -0.05) is 114 Å². The quantitative estimate of drug-likeness (QED) is 0.301. The van der Waals surface area contributed by atoms with Gasteiger partial charge in [0.2, 0.25) is 0 Å². The normalized spacial score (nSPS) is 9.36. The second-order valence-corrected chi connectivity index (χ2v) is 7.12. The van der Waals surface area contributed by atoms with Gasteiger partial charge in [0, 0.05) is 0 Å². The van der Waals surface area contributed by atoms with Crippen molar-refractivity contribution < 1.29 is 17.0 Å². The fourth-order valence-corrected chi connectivity index (χ4v) is 2.31. The smallest absolute Gasteiger partial charge is 0.0710 e. The summed E-state index contributed by atoms with van der Waals surface area (Å²) in [6, 6.07) is 31.6. The van der Waals surface area contributed by atoms with Gasteiger partial charge in [-0.3, -0.25) is 0 Å². The number of halogens is 2. The molecule has 0 saturated heterocycles. The van der Waals surface area contributed by atoms with E-state index in [1.54, 1.807) is 0 Å². The van der Waals surface area contributed by atoms with E-state index in [9.17, 15) is 0 Å². The van der Waals surface area contributed by atoms with Gasteiger partial charge in [0.1, 0.15) is 0 Å². The first-order chi connectivity index (χ1) is 10.9. The molecule has 0 radical (unpaired) electrons. The Bertz CT molecular complexity index is 548. The van der Waals surface area contributed by atoms with Crippen LogP contribution >= 0.6 is 18.6 Å². The Hall–Kier alpha value is -1.18. The minimum absolute atomic E-state index is 0.556. The second-order valence-electron chi connectivity index (χ2n) is 4.54. The van der Waals surface area contributed by atoms with Crippen LogP contribution in [0.3, 0.4) is 0 Å². The molecule has 3 aromatic rings. The molecule has 0 unspecified atom stereocenters. The van der Waals surface area contributed by atoms with Gasteiger partial charge in [0.15, 0.2) is 0 Å². The van der Waals surface area contributed by atoms with Crippen LogP contribution in [0.25, 0.3) is 0 Å². The van der Waals surface area contributed by atoms with Gasteiger partial charge in [-0.05, 0) is 0 Å². The van der Waals surface area contributed by atoms with Crippen LogP contribution in [0.5, 0.6) is 0 Å². The van der Waals surface area contributed by atoms with Crippen molar-refractivity contribution in [1.82, 2.24) is 0 Å². The van der Waals surface area contributed by atoms with E-state index in [1.807, 2.05) is 0 Å². The van der Waals surface area contributed by atoms with Gasteiger partial charge in [-0.25, -0.2) is 0 Å². The van der Waals surface area contributed by atoms with Crippen LogP contribution in [-0.2, 0) is 17.0 Å². The minimum Gasteiger partial charge on any atom is -0.0999 e. The molecule has 0 saturated carbocycles. The average Bonchev–Trinajstić information content (AvgIpc) is 2.59. The molecule has 22 heavy (non-hydrogen) atoms. The van der Waals surface area contributed by atoms with Crippen molar-refractivity contribution in [2.75, 3.05) is 0 Å². The molecule has 0 fully saturated rings. The van der Waals surface area contributed by atoms with Crippen molar-refractivity contribution in [3.63, 3.8) is 0 Å². The molecule has 3 heteroatoms. The molecule has 0 bridgehead atoms. The fraction of sp³-hybridized carbons (Fsp3) is 0. The molecule has 3 aromatic carbocycles. The summed E-state index contributed by atoms with van der Waals surface area (Å²) >= 11 is -0.556. The molecule has 0 amide bonds. The molecule has 3 rings (SSSR count). The van der Waals surface area contributed by atoms with Crippen molar-refractivity contribution in [3.05, 3.63) is 114 Å². The Labute approximate surface area is 148 Å². The summed E-state index contributed by atoms with van der Waals surface area (Å²) in [7, 11) is 9.78. The molecule has 0 aliphatic carbocycles. The van der Waals surface area contributed by atoms with Gasteiger partial charge in [0.05, 0.1) is 0 Å². The maximum atomic E-state index is 4.89. The first kappa shape index (κ1) is 17.2. The maximum absolute atomic E-state index is 4.89. The topological polar surface area (TPSA) is 0 Å². The third kappa shape index (κ3) is 4.93. The molecule has 0 aromatic heterocycles. The van der Waals surface area contributed by atoms with Crippen molar-refractivity contribution >= 4 is 18.6 Å². The number of benzene rings is 3. The predicted octanol–water partition coefficient (Wildman–Crippen LogP) is 6.08. The number of hydrogen-bond donors (Lipinski definition) is 0. The van der Waals surface area contributed by atoms with Crippen molar-refractivity contribution in [3.8, 4) is 0 Å². The Morgan fingerprint density at radius 1 is 0.500 bits per heavy atom. The van der Waals surface area contributed by atoms with Crippen LogP contribution in [0.15, 0.2) is 91.0 Å². The summed E-state index contributed by atoms with van der Waals surface area (Å²) in [5, 5.41) is 0. The standard InChI is InChI=1S/C19H15.2ClH.Ti/c1-4-10-16(11-5-1)19(17-12-6-2-7-13-17)18-14-8-3-9-15-18;;;/h1-15H;2*1H;/q-1;;;+2/p-2. The SMILES string of the molecule is [Cl][Ti][Cl].c1ccc([C-](c2ccccc2)c2ccccc2)cc1. The summed E-state index contributed by atoms with van der Waals surface area (Å²) in [5.41, 5.74) is 3.75. The molecule has 0 heterocycles. The first-order valence-corrected chi connectivity index (χ1v) is 11.2. The van der Waals surface area contributed by atoms with Gasteiger partial charge >= 0.3 is 35.6 Å². The van der Waals surface area contributed by atoms with Crippen LogP contribution in [-0.4, -0.2) is 0 Å². The molecule has 0 aliphatic rings. The molecule has 0 nitrogen and oxygen atoms in total. The Morgan fingerprint density at radius 2 is 0.727 bits per heavy atom. The summed E-state index contributed by atoms with van der Waals surface area (Å²) in [6.07, 6.45) is 0. The zero-order valence-corrected chi connectivity index (χ0v) is 15.0. The Morgan fingerprint density at radius 3 is 0.955 bits per heavy atom. The van der Waals surface area contributed by atoms with E-state index in [2.05, 4.69) is 91.0 Å². The third-order valence-corrected chi connectivity index (χ3v) is 3.19. The predicted molar refractivity (Wildman–Crippen MR) is 91.6 cm³/mol. The van der Waals surface area contributed by atoms with Crippen LogP contribution in [0.4, 0.5) is 0 Å². The van der Waals surface area contributed by atoms with Crippen molar-refractivity contribution in [2.45, 2.75) is 0 Å². The monoisotopic (exact) mass is 361 g/mol. The third-order valence-electron chi connectivity index (χ3n) is 3.19. The molecule has 0 N–H and O–H groups in total. The van der Waals surface area contributed by atoms with E-state index in [0.29, 0.717) is 0 Å². The van der Waals surface area contributed by atoms with E-state index >= 15 is 0 Å². The fourth-order valence-electron chi connectivity index (χ4n) is 2.31.